The van der Waals surface area contributed by atoms with E-state index < -0.39 is 0 Å². The third-order valence-corrected chi connectivity index (χ3v) is 1.54. The van der Waals surface area contributed by atoms with Crippen LogP contribution in [0.25, 0.3) is 0 Å². The minimum absolute atomic E-state index is 0.547. The van der Waals surface area contributed by atoms with Gasteiger partial charge in [0.15, 0.2) is 5.75 Å². The van der Waals surface area contributed by atoms with Crippen LogP contribution in [0, 0.1) is 0 Å². The maximum Gasteiger partial charge on any atom is 0.223 e. The summed E-state index contributed by atoms with van der Waals surface area (Å²) in [5.41, 5.74) is 5.28. The topological polar surface area (TPSA) is 73.1 Å². The minimum atomic E-state index is 0.547. The Hall–Kier alpha value is -1.62. The quantitative estimate of drug-likeness (QED) is 0.664. The molecule has 5 nitrogen and oxygen atoms in total. The fraction of sp³-hybridized carbons (Fsp3) is 0.333. The summed E-state index contributed by atoms with van der Waals surface area (Å²) in [7, 11) is 1.58. The van der Waals surface area contributed by atoms with Crippen LogP contribution in [0.3, 0.4) is 0 Å². The van der Waals surface area contributed by atoms with Gasteiger partial charge < -0.3 is 15.8 Å². The number of aromatic nitrogens is 2. The van der Waals surface area contributed by atoms with Gasteiger partial charge in [0.2, 0.25) is 5.95 Å². The van der Waals surface area contributed by atoms with Crippen molar-refractivity contribution >= 4 is 5.95 Å². The van der Waals surface area contributed by atoms with Crippen LogP contribution in [0.4, 0.5) is 5.95 Å². The molecule has 3 N–H and O–H groups in total. The Morgan fingerprint density at radius 1 is 1.43 bits per heavy atom. The van der Waals surface area contributed by atoms with Crippen LogP contribution in [-0.4, -0.2) is 30.2 Å². The molecule has 0 aliphatic heterocycles. The summed E-state index contributed by atoms with van der Waals surface area (Å²) >= 11 is 0. The summed E-state index contributed by atoms with van der Waals surface area (Å²) in [6, 6.07) is 0. The molecule has 1 rings (SSSR count). The lowest BCUT2D eigenvalue weighted by molar-refractivity contribution is 0.411. The Balaban J connectivity index is 2.40. The SMILES string of the molecule is COc1cnc(NC/C=C/CN)nc1. The van der Waals surface area contributed by atoms with Gasteiger partial charge in [-0.2, -0.15) is 0 Å². The van der Waals surface area contributed by atoms with Crippen molar-refractivity contribution in [2.45, 2.75) is 0 Å². The van der Waals surface area contributed by atoms with E-state index in [0.717, 1.165) is 0 Å². The van der Waals surface area contributed by atoms with Crippen molar-refractivity contribution < 1.29 is 4.74 Å². The zero-order valence-corrected chi connectivity index (χ0v) is 8.10. The number of methoxy groups -OCH3 is 1. The van der Waals surface area contributed by atoms with Gasteiger partial charge in [-0.05, 0) is 0 Å². The molecule has 0 radical (unpaired) electrons. The molecule has 0 fully saturated rings. The summed E-state index contributed by atoms with van der Waals surface area (Å²) in [4.78, 5) is 8.07. The van der Waals surface area contributed by atoms with Gasteiger partial charge in [-0.25, -0.2) is 9.97 Å². The predicted molar refractivity (Wildman–Crippen MR) is 55.3 cm³/mol. The van der Waals surface area contributed by atoms with Gasteiger partial charge in [0, 0.05) is 13.1 Å². The van der Waals surface area contributed by atoms with Crippen molar-refractivity contribution in [2.75, 3.05) is 25.5 Å². The van der Waals surface area contributed by atoms with E-state index in [1.165, 1.54) is 0 Å². The Morgan fingerprint density at radius 3 is 2.71 bits per heavy atom. The summed E-state index contributed by atoms with van der Waals surface area (Å²) < 4.78 is 4.93. The molecule has 1 heterocycles. The molecule has 0 saturated carbocycles. The van der Waals surface area contributed by atoms with Crippen molar-refractivity contribution in [3.63, 3.8) is 0 Å². The van der Waals surface area contributed by atoms with Crippen LogP contribution in [-0.2, 0) is 0 Å². The van der Waals surface area contributed by atoms with E-state index in [1.807, 2.05) is 12.2 Å². The van der Waals surface area contributed by atoms with E-state index in [9.17, 15) is 0 Å². The molecule has 0 spiro atoms. The largest absolute Gasteiger partial charge is 0.494 e. The minimum Gasteiger partial charge on any atom is -0.494 e. The molecule has 0 bridgehead atoms. The van der Waals surface area contributed by atoms with Crippen molar-refractivity contribution in [2.24, 2.45) is 5.73 Å². The molecule has 0 amide bonds. The predicted octanol–water partition coefficient (Wildman–Crippen LogP) is 0.412. The molecule has 0 aliphatic carbocycles. The van der Waals surface area contributed by atoms with Gasteiger partial charge in [-0.15, -0.1) is 0 Å². The average molecular weight is 194 g/mol. The standard InChI is InChI=1S/C9H14N4O/c1-14-8-6-12-9(13-7-8)11-5-3-2-4-10/h2-3,6-7H,4-5,10H2,1H3,(H,11,12,13)/b3-2+. The first-order chi connectivity index (χ1) is 6.86. The number of hydrogen-bond donors (Lipinski definition) is 2. The lowest BCUT2D eigenvalue weighted by atomic mass is 10.5. The average Bonchev–Trinajstić information content (AvgIpc) is 2.25. The third kappa shape index (κ3) is 3.40. The molecular weight excluding hydrogens is 180 g/mol. The van der Waals surface area contributed by atoms with Gasteiger partial charge in [-0.1, -0.05) is 12.2 Å². The fourth-order valence-electron chi connectivity index (χ4n) is 0.843. The van der Waals surface area contributed by atoms with Gasteiger partial charge in [-0.3, -0.25) is 0 Å². The van der Waals surface area contributed by atoms with Gasteiger partial charge in [0.05, 0.1) is 19.5 Å². The summed E-state index contributed by atoms with van der Waals surface area (Å²) in [5, 5.41) is 3.01. The highest BCUT2D eigenvalue weighted by atomic mass is 16.5. The first-order valence-electron chi connectivity index (χ1n) is 4.31. The number of nitrogens with zero attached hydrogens (tertiary/aromatic N) is 2. The molecule has 0 saturated heterocycles. The summed E-state index contributed by atoms with van der Waals surface area (Å²) in [5.74, 6) is 1.22. The molecule has 5 heteroatoms. The molecule has 1 aromatic heterocycles. The number of anilines is 1. The molecule has 0 atom stereocenters. The fourth-order valence-corrected chi connectivity index (χ4v) is 0.843. The zero-order chi connectivity index (χ0) is 10.2. The van der Waals surface area contributed by atoms with Gasteiger partial charge in [0.25, 0.3) is 0 Å². The van der Waals surface area contributed by atoms with Crippen molar-refractivity contribution in [3.05, 3.63) is 24.5 Å². The Bertz CT molecular complexity index is 283. The van der Waals surface area contributed by atoms with Crippen molar-refractivity contribution in [1.82, 2.24) is 9.97 Å². The maximum atomic E-state index is 5.28. The third-order valence-electron chi connectivity index (χ3n) is 1.54. The number of hydrogen-bond acceptors (Lipinski definition) is 5. The van der Waals surface area contributed by atoms with E-state index in [2.05, 4.69) is 15.3 Å². The van der Waals surface area contributed by atoms with Crippen LogP contribution in [0.2, 0.25) is 0 Å². The highest BCUT2D eigenvalue weighted by molar-refractivity contribution is 5.27. The van der Waals surface area contributed by atoms with E-state index >= 15 is 0 Å². The molecule has 0 aromatic carbocycles. The monoisotopic (exact) mass is 194 g/mol. The number of rotatable bonds is 5. The second-order valence-corrected chi connectivity index (χ2v) is 2.53. The molecule has 14 heavy (non-hydrogen) atoms. The molecular formula is C9H14N4O. The highest BCUT2D eigenvalue weighted by Gasteiger charge is 1.94. The summed E-state index contributed by atoms with van der Waals surface area (Å²) in [6.07, 6.45) is 7.02. The molecule has 0 aliphatic rings. The molecule has 0 unspecified atom stereocenters. The Labute approximate surface area is 83.0 Å². The first kappa shape index (κ1) is 10.5. The van der Waals surface area contributed by atoms with Crippen LogP contribution in [0.15, 0.2) is 24.5 Å². The lowest BCUT2D eigenvalue weighted by Crippen LogP contribution is -2.03. The van der Waals surface area contributed by atoms with Crippen LogP contribution in [0.5, 0.6) is 5.75 Å². The Kier molecular flexibility index (Phi) is 4.43. The Morgan fingerprint density at radius 2 is 2.14 bits per heavy atom. The second-order valence-electron chi connectivity index (χ2n) is 2.53. The number of nitrogens with two attached hydrogens (primary N) is 1. The lowest BCUT2D eigenvalue weighted by Gasteiger charge is -2.01. The number of nitrogens with one attached hydrogen (secondary N) is 1. The molecule has 76 valence electrons. The number of ether oxygens (including phenoxy) is 1. The smallest absolute Gasteiger partial charge is 0.223 e. The summed E-state index contributed by atoms with van der Waals surface area (Å²) in [6.45, 7) is 1.22. The zero-order valence-electron chi connectivity index (χ0n) is 8.10. The second kappa shape index (κ2) is 5.93. The maximum absolute atomic E-state index is 5.28. The van der Waals surface area contributed by atoms with Gasteiger partial charge in [0.1, 0.15) is 0 Å². The van der Waals surface area contributed by atoms with Gasteiger partial charge >= 0.3 is 0 Å². The first-order valence-corrected chi connectivity index (χ1v) is 4.31. The normalized spacial score (nSPS) is 10.4. The van der Waals surface area contributed by atoms with Crippen LogP contribution >= 0.6 is 0 Å². The van der Waals surface area contributed by atoms with Crippen molar-refractivity contribution in [1.29, 1.82) is 0 Å². The van der Waals surface area contributed by atoms with Crippen LogP contribution in [0.1, 0.15) is 0 Å². The van der Waals surface area contributed by atoms with E-state index in [-0.39, 0.29) is 0 Å². The van der Waals surface area contributed by atoms with Crippen molar-refractivity contribution in [3.8, 4) is 5.75 Å². The van der Waals surface area contributed by atoms with E-state index in [1.54, 1.807) is 19.5 Å². The van der Waals surface area contributed by atoms with E-state index in [0.29, 0.717) is 24.8 Å². The molecule has 1 aromatic rings. The van der Waals surface area contributed by atoms with Crippen LogP contribution < -0.4 is 15.8 Å². The van der Waals surface area contributed by atoms with E-state index in [4.69, 9.17) is 10.5 Å². The highest BCUT2D eigenvalue weighted by Crippen LogP contribution is 2.06.